The van der Waals surface area contributed by atoms with Crippen molar-refractivity contribution in [3.05, 3.63) is 70.5 Å². The lowest BCUT2D eigenvalue weighted by molar-refractivity contribution is -0.384. The molecule has 44 heavy (non-hydrogen) atoms. The molecule has 1 aliphatic rings. The van der Waals surface area contributed by atoms with Gasteiger partial charge in [0.1, 0.15) is 18.4 Å². The average Bonchev–Trinajstić information content (AvgIpc) is 3.69. The van der Waals surface area contributed by atoms with Crippen LogP contribution in [0.4, 0.5) is 10.8 Å². The Bertz CT molecular complexity index is 1730. The summed E-state index contributed by atoms with van der Waals surface area (Å²) in [7, 11) is 7.49. The lowest BCUT2D eigenvalue weighted by Gasteiger charge is -2.36. The predicted molar refractivity (Wildman–Crippen MR) is 160 cm³/mol. The summed E-state index contributed by atoms with van der Waals surface area (Å²) in [5.74, 6) is -0.00920. The number of aromatic nitrogens is 2. The first-order valence-electron chi connectivity index (χ1n) is 13.0. The van der Waals surface area contributed by atoms with Crippen LogP contribution in [0.2, 0.25) is 0 Å². The molecule has 1 atom stereocenters. The molecule has 0 fully saturated rings. The van der Waals surface area contributed by atoms with E-state index in [2.05, 4.69) is 15.5 Å². The topological polar surface area (TPSA) is 167 Å². The molecule has 1 amide bonds. The van der Waals surface area contributed by atoms with E-state index in [1.807, 2.05) is 0 Å². The Morgan fingerprint density at radius 1 is 1.07 bits per heavy atom. The minimum atomic E-state index is -1.32. The summed E-state index contributed by atoms with van der Waals surface area (Å²) in [4.78, 5) is 27.6. The van der Waals surface area contributed by atoms with Crippen molar-refractivity contribution in [2.24, 2.45) is 0 Å². The maximum atomic E-state index is 12.8. The molecule has 2 heterocycles. The van der Waals surface area contributed by atoms with Crippen LogP contribution in [-0.4, -0.2) is 75.0 Å². The highest BCUT2D eigenvalue weighted by Crippen LogP contribution is 2.41. The Hall–Kier alpha value is -4.83. The molecule has 2 aromatic carbocycles. The van der Waals surface area contributed by atoms with Gasteiger partial charge in [-0.1, -0.05) is 16.5 Å². The smallest absolute Gasteiger partial charge is 0.271 e. The number of allylic oxidation sites excluding steroid dienone is 2. The van der Waals surface area contributed by atoms with E-state index in [9.17, 15) is 14.9 Å². The van der Waals surface area contributed by atoms with Crippen molar-refractivity contribution in [3.63, 3.8) is 0 Å². The van der Waals surface area contributed by atoms with Crippen molar-refractivity contribution in [3.8, 4) is 28.5 Å². The summed E-state index contributed by atoms with van der Waals surface area (Å²) in [5.41, 5.74) is 2.11. The number of nitrogens with one attached hydrogen (secondary N) is 1. The molecule has 1 aliphatic carbocycles. The van der Waals surface area contributed by atoms with Crippen molar-refractivity contribution >= 4 is 43.9 Å². The number of hydrogen-bond donors (Lipinski definition) is 1. The van der Waals surface area contributed by atoms with Crippen LogP contribution in [-0.2, 0) is 19.0 Å². The third-order valence-electron chi connectivity index (χ3n) is 6.84. The van der Waals surface area contributed by atoms with Crippen molar-refractivity contribution in [1.82, 2.24) is 10.1 Å². The SMILES string of the molecule is COc1cc(-c2cc(C3=CC(OCC(=O)Nc4nc5cc([N+](=O)[O-])ccc5s4)C(OC)(OC)C=C3)on2)cc(OC)c1OC. The van der Waals surface area contributed by atoms with Gasteiger partial charge in [-0.15, -0.1) is 0 Å². The van der Waals surface area contributed by atoms with Crippen molar-refractivity contribution in [2.75, 3.05) is 47.5 Å². The van der Waals surface area contributed by atoms with E-state index in [-0.39, 0.29) is 17.4 Å². The van der Waals surface area contributed by atoms with Gasteiger partial charge in [0.25, 0.3) is 11.6 Å². The van der Waals surface area contributed by atoms with Crippen molar-refractivity contribution in [2.45, 2.75) is 11.9 Å². The van der Waals surface area contributed by atoms with Crippen LogP contribution in [0.3, 0.4) is 0 Å². The molecule has 1 N–H and O–H groups in total. The van der Waals surface area contributed by atoms with Crippen LogP contribution in [0.25, 0.3) is 27.0 Å². The molecule has 0 saturated heterocycles. The van der Waals surface area contributed by atoms with E-state index < -0.39 is 22.7 Å². The zero-order valence-corrected chi connectivity index (χ0v) is 25.1. The molecule has 0 bridgehead atoms. The number of methoxy groups -OCH3 is 5. The first-order valence-corrected chi connectivity index (χ1v) is 13.8. The van der Waals surface area contributed by atoms with E-state index in [1.54, 1.807) is 42.5 Å². The molecule has 15 heteroatoms. The largest absolute Gasteiger partial charge is 0.493 e. The fourth-order valence-electron chi connectivity index (χ4n) is 4.60. The summed E-state index contributed by atoms with van der Waals surface area (Å²) in [5, 5.41) is 18.2. The minimum absolute atomic E-state index is 0.0882. The predicted octanol–water partition coefficient (Wildman–Crippen LogP) is 4.85. The first-order chi connectivity index (χ1) is 21.2. The highest BCUT2D eigenvalue weighted by atomic mass is 32.1. The molecular formula is C29H28N4O10S. The minimum Gasteiger partial charge on any atom is -0.493 e. The quantitative estimate of drug-likeness (QED) is 0.129. The number of carbonyl (C=O) groups is 1. The molecule has 5 rings (SSSR count). The molecule has 0 saturated carbocycles. The van der Waals surface area contributed by atoms with Crippen LogP contribution in [0, 0.1) is 10.1 Å². The van der Waals surface area contributed by atoms with Crippen LogP contribution in [0.5, 0.6) is 17.2 Å². The molecule has 0 radical (unpaired) electrons. The molecule has 2 aromatic heterocycles. The van der Waals surface area contributed by atoms with Gasteiger partial charge < -0.3 is 32.9 Å². The Morgan fingerprint density at radius 3 is 2.43 bits per heavy atom. The van der Waals surface area contributed by atoms with E-state index >= 15 is 0 Å². The summed E-state index contributed by atoms with van der Waals surface area (Å²) in [6.45, 7) is -0.375. The monoisotopic (exact) mass is 624 g/mol. The van der Waals surface area contributed by atoms with E-state index in [0.29, 0.717) is 50.1 Å². The third kappa shape index (κ3) is 5.98. The number of ether oxygens (including phenoxy) is 6. The highest BCUT2D eigenvalue weighted by Gasteiger charge is 2.40. The second-order valence-electron chi connectivity index (χ2n) is 9.28. The maximum Gasteiger partial charge on any atom is 0.271 e. The van der Waals surface area contributed by atoms with Crippen LogP contribution in [0.1, 0.15) is 5.76 Å². The number of rotatable bonds is 12. The van der Waals surface area contributed by atoms with Gasteiger partial charge in [-0.2, -0.15) is 0 Å². The van der Waals surface area contributed by atoms with E-state index in [0.717, 1.165) is 0 Å². The van der Waals surface area contributed by atoms with Gasteiger partial charge in [-0.25, -0.2) is 4.98 Å². The zero-order valence-electron chi connectivity index (χ0n) is 24.3. The highest BCUT2D eigenvalue weighted by molar-refractivity contribution is 7.22. The van der Waals surface area contributed by atoms with Gasteiger partial charge in [0, 0.05) is 43.6 Å². The van der Waals surface area contributed by atoms with E-state index in [4.69, 9.17) is 32.9 Å². The number of amides is 1. The lowest BCUT2D eigenvalue weighted by Crippen LogP contribution is -2.47. The number of nitro benzene ring substituents is 1. The van der Waals surface area contributed by atoms with Crippen molar-refractivity contribution in [1.29, 1.82) is 0 Å². The first kappa shape index (κ1) is 30.6. The van der Waals surface area contributed by atoms with Gasteiger partial charge in [-0.05, 0) is 36.4 Å². The summed E-state index contributed by atoms with van der Waals surface area (Å²) in [6.07, 6.45) is 4.24. The Labute approximate surface area is 254 Å². The molecule has 230 valence electrons. The number of nitro groups is 1. The van der Waals surface area contributed by atoms with Gasteiger partial charge in [-0.3, -0.25) is 20.2 Å². The Morgan fingerprint density at radius 2 is 1.80 bits per heavy atom. The standard InChI is InChI=1S/C29H28N4O10S/c1-37-22-10-17(11-23(38-2)27(22)39-3)19-14-21(43-32-19)16-8-9-29(40-4,41-5)25(12-16)42-15-26(34)31-28-30-20-13-18(33(35)36)6-7-24(20)44-28/h6-14,25H,15H2,1-5H3,(H,30,31,34). The van der Waals surface area contributed by atoms with Gasteiger partial charge >= 0.3 is 0 Å². The second-order valence-corrected chi connectivity index (χ2v) is 10.3. The average molecular weight is 625 g/mol. The van der Waals surface area contributed by atoms with Gasteiger partial charge in [0.15, 0.2) is 22.4 Å². The van der Waals surface area contributed by atoms with Gasteiger partial charge in [0.2, 0.25) is 11.5 Å². The van der Waals surface area contributed by atoms with Crippen LogP contribution < -0.4 is 19.5 Å². The number of non-ortho nitro benzene ring substituents is 1. The number of fused-ring (bicyclic) bond motifs is 1. The summed E-state index contributed by atoms with van der Waals surface area (Å²) in [6, 6.07) is 9.57. The summed E-state index contributed by atoms with van der Waals surface area (Å²) >= 11 is 1.19. The number of nitrogens with zero attached hydrogens (tertiary/aromatic N) is 3. The normalized spacial score (nSPS) is 15.6. The second kappa shape index (κ2) is 12.8. The van der Waals surface area contributed by atoms with Crippen molar-refractivity contribution < 1.29 is 42.7 Å². The number of benzene rings is 2. The number of thiazole rings is 1. The zero-order chi connectivity index (χ0) is 31.4. The van der Waals surface area contributed by atoms with Crippen LogP contribution in [0.15, 0.2) is 59.1 Å². The summed E-state index contributed by atoms with van der Waals surface area (Å²) < 4.78 is 39.9. The molecule has 0 aliphatic heterocycles. The number of anilines is 1. The fourth-order valence-corrected chi connectivity index (χ4v) is 5.46. The molecule has 4 aromatic rings. The number of carbonyl (C=O) groups excluding carboxylic acids is 1. The van der Waals surface area contributed by atoms with Crippen LogP contribution >= 0.6 is 11.3 Å². The van der Waals surface area contributed by atoms with Gasteiger partial charge in [0.05, 0.1) is 36.5 Å². The van der Waals surface area contributed by atoms with E-state index in [1.165, 1.54) is 59.0 Å². The molecule has 0 spiro atoms. The molecule has 14 nitrogen and oxygen atoms in total. The third-order valence-corrected chi connectivity index (χ3v) is 7.79. The fraction of sp³-hybridized carbons (Fsp3) is 0.276. The molecule has 1 unspecified atom stereocenters. The lowest BCUT2D eigenvalue weighted by atomic mass is 9.96. The maximum absolute atomic E-state index is 12.8. The Balaban J connectivity index is 1.34. The Kier molecular flexibility index (Phi) is 8.91. The number of hydrogen-bond acceptors (Lipinski definition) is 13. The molecular weight excluding hydrogens is 596 g/mol.